The number of hydrogen-bond donors (Lipinski definition) is 1. The molecule has 0 spiro atoms. The van der Waals surface area contributed by atoms with Crippen molar-refractivity contribution in [2.75, 3.05) is 30.0 Å². The molecule has 1 N–H and O–H groups in total. The molecule has 94 valence electrons. The molecular formula is C13H19NO2S. The minimum atomic E-state index is -0.744. The van der Waals surface area contributed by atoms with E-state index >= 15 is 0 Å². The number of benzene rings is 1. The second kappa shape index (κ2) is 7.22. The third-order valence-electron chi connectivity index (χ3n) is 2.56. The fourth-order valence-electron chi connectivity index (χ4n) is 1.56. The fraction of sp³-hybridized carbons (Fsp3) is 0.462. The summed E-state index contributed by atoms with van der Waals surface area (Å²) in [5, 5.41) is 8.75. The molecule has 0 bridgehead atoms. The molecule has 1 aromatic carbocycles. The highest BCUT2D eigenvalue weighted by Crippen LogP contribution is 2.16. The van der Waals surface area contributed by atoms with Crippen LogP contribution in [0.4, 0.5) is 5.69 Å². The van der Waals surface area contributed by atoms with E-state index in [2.05, 4.69) is 35.4 Å². The molecule has 1 aromatic rings. The van der Waals surface area contributed by atoms with Gasteiger partial charge in [-0.05, 0) is 25.3 Å². The number of anilines is 1. The smallest absolute Gasteiger partial charge is 0.305 e. The summed E-state index contributed by atoms with van der Waals surface area (Å²) in [4.78, 5) is 12.8. The van der Waals surface area contributed by atoms with Crippen molar-refractivity contribution in [3.63, 3.8) is 0 Å². The zero-order chi connectivity index (χ0) is 12.7. The van der Waals surface area contributed by atoms with E-state index in [9.17, 15) is 4.79 Å². The van der Waals surface area contributed by atoms with Gasteiger partial charge in [-0.1, -0.05) is 17.7 Å². The fourth-order valence-corrected chi connectivity index (χ4v) is 1.96. The van der Waals surface area contributed by atoms with E-state index in [4.69, 9.17) is 5.11 Å². The third-order valence-corrected chi connectivity index (χ3v) is 3.15. The van der Waals surface area contributed by atoms with Crippen LogP contribution in [0.15, 0.2) is 24.3 Å². The van der Waals surface area contributed by atoms with Crippen molar-refractivity contribution in [1.82, 2.24) is 0 Å². The molecule has 0 aliphatic rings. The van der Waals surface area contributed by atoms with Crippen molar-refractivity contribution in [1.29, 1.82) is 0 Å². The van der Waals surface area contributed by atoms with Gasteiger partial charge in [0.15, 0.2) is 0 Å². The maximum absolute atomic E-state index is 10.6. The van der Waals surface area contributed by atoms with Crippen LogP contribution < -0.4 is 4.90 Å². The lowest BCUT2D eigenvalue weighted by Gasteiger charge is -2.24. The number of hydrogen-bond acceptors (Lipinski definition) is 3. The van der Waals surface area contributed by atoms with E-state index in [-0.39, 0.29) is 6.42 Å². The second-order valence-electron chi connectivity index (χ2n) is 3.96. The SMILES string of the molecule is CSCCN(CCC(=O)O)c1ccc(C)cc1. The van der Waals surface area contributed by atoms with Crippen LogP contribution in [0.1, 0.15) is 12.0 Å². The number of nitrogens with zero attached hydrogens (tertiary/aromatic N) is 1. The molecule has 0 amide bonds. The average Bonchev–Trinajstić information content (AvgIpc) is 2.30. The number of aliphatic carboxylic acids is 1. The number of aryl methyl sites for hydroxylation is 1. The van der Waals surface area contributed by atoms with Crippen molar-refractivity contribution in [3.05, 3.63) is 29.8 Å². The second-order valence-corrected chi connectivity index (χ2v) is 4.94. The van der Waals surface area contributed by atoms with Crippen LogP contribution in [0, 0.1) is 6.92 Å². The van der Waals surface area contributed by atoms with Gasteiger partial charge in [0.2, 0.25) is 0 Å². The first-order valence-corrected chi connectivity index (χ1v) is 7.05. The van der Waals surface area contributed by atoms with E-state index in [0.717, 1.165) is 18.0 Å². The zero-order valence-electron chi connectivity index (χ0n) is 10.3. The van der Waals surface area contributed by atoms with Crippen LogP contribution >= 0.6 is 11.8 Å². The number of carboxylic acid groups (broad SMARTS) is 1. The third kappa shape index (κ3) is 5.13. The first-order chi connectivity index (χ1) is 8.13. The number of rotatable bonds is 7. The summed E-state index contributed by atoms with van der Waals surface area (Å²) in [7, 11) is 0. The molecule has 0 aliphatic heterocycles. The molecule has 4 heteroatoms. The van der Waals surface area contributed by atoms with Gasteiger partial charge < -0.3 is 10.0 Å². The zero-order valence-corrected chi connectivity index (χ0v) is 11.2. The molecule has 0 heterocycles. The largest absolute Gasteiger partial charge is 0.481 e. The predicted octanol–water partition coefficient (Wildman–Crippen LogP) is 2.64. The van der Waals surface area contributed by atoms with Crippen molar-refractivity contribution >= 4 is 23.4 Å². The summed E-state index contributed by atoms with van der Waals surface area (Å²) in [6.07, 6.45) is 2.24. The normalized spacial score (nSPS) is 10.2. The molecule has 0 atom stereocenters. The van der Waals surface area contributed by atoms with Crippen LogP contribution in [0.3, 0.4) is 0 Å². The Morgan fingerprint density at radius 2 is 1.94 bits per heavy atom. The summed E-state index contributed by atoms with van der Waals surface area (Å²) in [6, 6.07) is 8.22. The first kappa shape index (κ1) is 13.9. The van der Waals surface area contributed by atoms with Crippen LogP contribution in [0.25, 0.3) is 0 Å². The van der Waals surface area contributed by atoms with Gasteiger partial charge in [0.1, 0.15) is 0 Å². The Labute approximate surface area is 107 Å². The molecule has 0 unspecified atom stereocenters. The molecule has 1 rings (SSSR count). The molecule has 0 aromatic heterocycles. The van der Waals surface area contributed by atoms with E-state index in [1.54, 1.807) is 11.8 Å². The van der Waals surface area contributed by atoms with Crippen LogP contribution in [0.5, 0.6) is 0 Å². The lowest BCUT2D eigenvalue weighted by molar-refractivity contribution is -0.136. The number of carboxylic acids is 1. The molecular weight excluding hydrogens is 234 g/mol. The molecule has 0 aliphatic carbocycles. The Balaban J connectivity index is 2.67. The standard InChI is InChI=1S/C13H19NO2S/c1-11-3-5-12(6-4-11)14(9-10-17-2)8-7-13(15)16/h3-6H,7-10H2,1-2H3,(H,15,16). The Morgan fingerprint density at radius 3 is 2.47 bits per heavy atom. The number of carbonyl (C=O) groups is 1. The average molecular weight is 253 g/mol. The van der Waals surface area contributed by atoms with Gasteiger partial charge in [-0.3, -0.25) is 4.79 Å². The monoisotopic (exact) mass is 253 g/mol. The number of thioether (sulfide) groups is 1. The summed E-state index contributed by atoms with van der Waals surface area (Å²) in [6.45, 7) is 3.50. The summed E-state index contributed by atoms with van der Waals surface area (Å²) < 4.78 is 0. The van der Waals surface area contributed by atoms with Gasteiger partial charge in [-0.15, -0.1) is 0 Å². The highest BCUT2D eigenvalue weighted by Gasteiger charge is 2.08. The topological polar surface area (TPSA) is 40.5 Å². The maximum Gasteiger partial charge on any atom is 0.305 e. The van der Waals surface area contributed by atoms with Gasteiger partial charge in [0.25, 0.3) is 0 Å². The molecule has 3 nitrogen and oxygen atoms in total. The van der Waals surface area contributed by atoms with Gasteiger partial charge in [-0.2, -0.15) is 11.8 Å². The first-order valence-electron chi connectivity index (χ1n) is 5.66. The van der Waals surface area contributed by atoms with Gasteiger partial charge in [0, 0.05) is 24.5 Å². The van der Waals surface area contributed by atoms with Crippen LogP contribution in [-0.4, -0.2) is 36.2 Å². The lowest BCUT2D eigenvalue weighted by atomic mass is 10.2. The summed E-state index contributed by atoms with van der Waals surface area (Å²) >= 11 is 1.77. The lowest BCUT2D eigenvalue weighted by Crippen LogP contribution is -2.28. The molecule has 0 fully saturated rings. The van der Waals surface area contributed by atoms with Crippen molar-refractivity contribution in [2.45, 2.75) is 13.3 Å². The van der Waals surface area contributed by atoms with Gasteiger partial charge in [-0.25, -0.2) is 0 Å². The maximum atomic E-state index is 10.6. The van der Waals surface area contributed by atoms with Crippen molar-refractivity contribution < 1.29 is 9.90 Å². The molecule has 17 heavy (non-hydrogen) atoms. The minimum absolute atomic E-state index is 0.183. The van der Waals surface area contributed by atoms with Crippen LogP contribution in [0.2, 0.25) is 0 Å². The van der Waals surface area contributed by atoms with Crippen molar-refractivity contribution in [2.24, 2.45) is 0 Å². The summed E-state index contributed by atoms with van der Waals surface area (Å²) in [5.74, 6) is 0.263. The summed E-state index contributed by atoms with van der Waals surface area (Å²) in [5.41, 5.74) is 2.32. The molecule has 0 radical (unpaired) electrons. The Bertz CT molecular complexity index is 351. The molecule has 0 saturated carbocycles. The Hall–Kier alpha value is -1.16. The van der Waals surface area contributed by atoms with Gasteiger partial charge >= 0.3 is 5.97 Å². The van der Waals surface area contributed by atoms with E-state index in [1.807, 2.05) is 6.92 Å². The minimum Gasteiger partial charge on any atom is -0.481 e. The Kier molecular flexibility index (Phi) is 5.91. The highest BCUT2D eigenvalue weighted by molar-refractivity contribution is 7.98. The van der Waals surface area contributed by atoms with E-state index in [0.29, 0.717) is 6.54 Å². The van der Waals surface area contributed by atoms with E-state index < -0.39 is 5.97 Å². The van der Waals surface area contributed by atoms with E-state index in [1.165, 1.54) is 5.56 Å². The Morgan fingerprint density at radius 1 is 1.29 bits per heavy atom. The predicted molar refractivity (Wildman–Crippen MR) is 74.0 cm³/mol. The quantitative estimate of drug-likeness (QED) is 0.811. The van der Waals surface area contributed by atoms with Gasteiger partial charge in [0.05, 0.1) is 6.42 Å². The van der Waals surface area contributed by atoms with Crippen LogP contribution in [-0.2, 0) is 4.79 Å². The molecule has 0 saturated heterocycles. The highest BCUT2D eigenvalue weighted by atomic mass is 32.2. The van der Waals surface area contributed by atoms with Crippen molar-refractivity contribution in [3.8, 4) is 0 Å².